The first kappa shape index (κ1) is 20.0. The highest BCUT2D eigenvalue weighted by Crippen LogP contribution is 2.43. The Kier molecular flexibility index (Phi) is 5.20. The van der Waals surface area contributed by atoms with Crippen LogP contribution in [0.3, 0.4) is 0 Å². The van der Waals surface area contributed by atoms with Crippen molar-refractivity contribution in [1.82, 2.24) is 4.31 Å². The van der Waals surface area contributed by atoms with E-state index in [0.717, 1.165) is 18.4 Å². The van der Waals surface area contributed by atoms with Crippen LogP contribution in [-0.4, -0.2) is 49.0 Å². The van der Waals surface area contributed by atoms with Crippen molar-refractivity contribution in [1.29, 1.82) is 0 Å². The number of nitrogens with zero attached hydrogens (tertiary/aromatic N) is 1. The molecule has 0 unspecified atom stereocenters. The molecule has 7 nitrogen and oxygen atoms in total. The molecule has 1 aliphatic carbocycles. The van der Waals surface area contributed by atoms with Gasteiger partial charge in [-0.1, -0.05) is 42.5 Å². The van der Waals surface area contributed by atoms with Crippen LogP contribution in [0.15, 0.2) is 59.5 Å². The van der Waals surface area contributed by atoms with E-state index in [4.69, 9.17) is 15.6 Å². The van der Waals surface area contributed by atoms with Crippen LogP contribution in [0.2, 0.25) is 0 Å². The van der Waals surface area contributed by atoms with Gasteiger partial charge in [-0.15, -0.1) is 0 Å². The van der Waals surface area contributed by atoms with Gasteiger partial charge in [0.2, 0.25) is 10.0 Å². The number of rotatable bonds is 8. The summed E-state index contributed by atoms with van der Waals surface area (Å²) in [6.07, 6.45) is 2.28. The summed E-state index contributed by atoms with van der Waals surface area (Å²) in [5.41, 5.74) is 6.53. The van der Waals surface area contributed by atoms with Gasteiger partial charge >= 0.3 is 5.97 Å². The fourth-order valence-electron chi connectivity index (χ4n) is 3.59. The van der Waals surface area contributed by atoms with Crippen molar-refractivity contribution in [3.8, 4) is 0 Å². The summed E-state index contributed by atoms with van der Waals surface area (Å²) >= 11 is 0. The predicted octanol–water partition coefficient (Wildman–Crippen LogP) is 1.72. The lowest BCUT2D eigenvalue weighted by Gasteiger charge is -2.49. The predicted molar refractivity (Wildman–Crippen MR) is 107 cm³/mol. The van der Waals surface area contributed by atoms with Gasteiger partial charge in [-0.3, -0.25) is 4.79 Å². The fraction of sp³-hybridized carbons (Fsp3) is 0.381. The molecule has 1 aliphatic heterocycles. The van der Waals surface area contributed by atoms with Gasteiger partial charge in [0.25, 0.3) is 0 Å². The molecule has 2 fully saturated rings. The summed E-state index contributed by atoms with van der Waals surface area (Å²) in [5.74, 6) is -1.12. The van der Waals surface area contributed by atoms with Crippen molar-refractivity contribution < 1.29 is 23.1 Å². The Morgan fingerprint density at radius 3 is 2.48 bits per heavy atom. The molecular weight excluding hydrogens is 392 g/mol. The molecule has 4 rings (SSSR count). The monoisotopic (exact) mass is 416 g/mol. The SMILES string of the molecule is N[C@@H](Cc1cccc(S(=O)(=O)N2CC(OC3CC3)(c3ccccc3)C2)c1)C(=O)O. The van der Waals surface area contributed by atoms with Crippen molar-refractivity contribution in [2.45, 2.75) is 41.9 Å². The van der Waals surface area contributed by atoms with Crippen LogP contribution in [0.4, 0.5) is 0 Å². The third-order valence-corrected chi connectivity index (χ3v) is 7.18. The number of carbonyl (C=O) groups is 1. The molecule has 3 N–H and O–H groups in total. The molecule has 154 valence electrons. The zero-order valence-electron chi connectivity index (χ0n) is 15.9. The number of carboxylic acids is 1. The van der Waals surface area contributed by atoms with E-state index in [-0.39, 0.29) is 30.5 Å². The van der Waals surface area contributed by atoms with Crippen LogP contribution in [0.5, 0.6) is 0 Å². The third-order valence-electron chi connectivity index (χ3n) is 5.39. The number of nitrogens with two attached hydrogens (primary N) is 1. The van der Waals surface area contributed by atoms with Gasteiger partial charge in [-0.2, -0.15) is 4.31 Å². The van der Waals surface area contributed by atoms with Gasteiger partial charge < -0.3 is 15.6 Å². The van der Waals surface area contributed by atoms with Crippen molar-refractivity contribution >= 4 is 16.0 Å². The summed E-state index contributed by atoms with van der Waals surface area (Å²) in [7, 11) is -3.71. The molecule has 1 atom stereocenters. The highest BCUT2D eigenvalue weighted by atomic mass is 32.2. The first-order chi connectivity index (χ1) is 13.8. The minimum absolute atomic E-state index is 0.0669. The van der Waals surface area contributed by atoms with Gasteiger partial charge in [-0.05, 0) is 42.5 Å². The van der Waals surface area contributed by atoms with Gasteiger partial charge in [0.1, 0.15) is 11.6 Å². The van der Waals surface area contributed by atoms with E-state index < -0.39 is 27.6 Å². The second-order valence-electron chi connectivity index (χ2n) is 7.75. The Balaban J connectivity index is 1.54. The van der Waals surface area contributed by atoms with Crippen LogP contribution in [0.25, 0.3) is 0 Å². The Hall–Kier alpha value is -2.26. The summed E-state index contributed by atoms with van der Waals surface area (Å²) in [4.78, 5) is 11.1. The number of hydrogen-bond acceptors (Lipinski definition) is 5. The molecular formula is C21H24N2O5S. The number of hydrogen-bond donors (Lipinski definition) is 2. The maximum absolute atomic E-state index is 13.1. The van der Waals surface area contributed by atoms with Gasteiger partial charge in [-0.25, -0.2) is 8.42 Å². The number of aliphatic carboxylic acids is 1. The van der Waals surface area contributed by atoms with Crippen LogP contribution in [0, 0.1) is 0 Å². The molecule has 2 aromatic rings. The highest BCUT2D eigenvalue weighted by Gasteiger charge is 2.52. The van der Waals surface area contributed by atoms with Crippen molar-refractivity contribution in [3.63, 3.8) is 0 Å². The Morgan fingerprint density at radius 2 is 1.86 bits per heavy atom. The number of ether oxygens (including phenoxy) is 1. The van der Waals surface area contributed by atoms with Crippen LogP contribution >= 0.6 is 0 Å². The maximum Gasteiger partial charge on any atom is 0.320 e. The molecule has 2 aromatic carbocycles. The lowest BCUT2D eigenvalue weighted by molar-refractivity contribution is -0.138. The van der Waals surface area contributed by atoms with E-state index in [1.54, 1.807) is 12.1 Å². The third kappa shape index (κ3) is 4.06. The molecule has 0 spiro atoms. The number of benzene rings is 2. The molecule has 2 aliphatic rings. The first-order valence-corrected chi connectivity index (χ1v) is 11.0. The first-order valence-electron chi connectivity index (χ1n) is 9.61. The smallest absolute Gasteiger partial charge is 0.320 e. The summed E-state index contributed by atoms with van der Waals surface area (Å²) < 4.78 is 33.9. The Bertz CT molecular complexity index is 999. The molecule has 1 saturated carbocycles. The lowest BCUT2D eigenvalue weighted by Crippen LogP contribution is -2.62. The molecule has 1 saturated heterocycles. The largest absolute Gasteiger partial charge is 0.480 e. The second kappa shape index (κ2) is 7.53. The molecule has 8 heteroatoms. The molecule has 0 bridgehead atoms. The number of carboxylic acid groups (broad SMARTS) is 1. The Labute approximate surface area is 170 Å². The second-order valence-corrected chi connectivity index (χ2v) is 9.68. The van der Waals surface area contributed by atoms with Gasteiger partial charge in [0.05, 0.1) is 11.0 Å². The fourth-order valence-corrected chi connectivity index (χ4v) is 5.19. The van der Waals surface area contributed by atoms with E-state index in [9.17, 15) is 13.2 Å². The normalized spacial score (nSPS) is 20.0. The van der Waals surface area contributed by atoms with E-state index in [1.165, 1.54) is 16.4 Å². The van der Waals surface area contributed by atoms with Gasteiger partial charge in [0, 0.05) is 13.1 Å². The minimum atomic E-state index is -3.71. The molecule has 0 amide bonds. The number of sulfonamides is 1. The Morgan fingerprint density at radius 1 is 1.17 bits per heavy atom. The average Bonchev–Trinajstić information content (AvgIpc) is 3.49. The van der Waals surface area contributed by atoms with E-state index in [1.807, 2.05) is 30.3 Å². The van der Waals surface area contributed by atoms with Crippen LogP contribution in [-0.2, 0) is 31.6 Å². The lowest BCUT2D eigenvalue weighted by atomic mass is 9.88. The van der Waals surface area contributed by atoms with Crippen molar-refractivity contribution in [3.05, 3.63) is 65.7 Å². The molecule has 0 aromatic heterocycles. The van der Waals surface area contributed by atoms with Crippen molar-refractivity contribution in [2.24, 2.45) is 5.73 Å². The minimum Gasteiger partial charge on any atom is -0.480 e. The molecule has 1 heterocycles. The zero-order chi connectivity index (χ0) is 20.6. The molecule has 29 heavy (non-hydrogen) atoms. The standard InChI is InChI=1S/C21H24N2O5S/c22-19(20(24)25)12-15-5-4-8-18(11-15)29(26,27)23-13-21(14-23,28-17-9-10-17)16-6-2-1-3-7-16/h1-8,11,17,19H,9-10,12-14,22H2,(H,24,25)/t19-/m0/s1. The zero-order valence-corrected chi connectivity index (χ0v) is 16.7. The summed E-state index contributed by atoms with van der Waals surface area (Å²) in [6.45, 7) is 0.517. The van der Waals surface area contributed by atoms with Crippen LogP contribution in [0.1, 0.15) is 24.0 Å². The van der Waals surface area contributed by atoms with E-state index >= 15 is 0 Å². The highest BCUT2D eigenvalue weighted by molar-refractivity contribution is 7.89. The molecule has 0 radical (unpaired) electrons. The average molecular weight is 416 g/mol. The maximum atomic E-state index is 13.1. The van der Waals surface area contributed by atoms with Gasteiger partial charge in [0.15, 0.2) is 0 Å². The quantitative estimate of drug-likeness (QED) is 0.678. The topological polar surface area (TPSA) is 110 Å². The van der Waals surface area contributed by atoms with Crippen molar-refractivity contribution in [2.75, 3.05) is 13.1 Å². The van der Waals surface area contributed by atoms with Crippen LogP contribution < -0.4 is 5.73 Å². The summed E-state index contributed by atoms with van der Waals surface area (Å²) in [6, 6.07) is 15.0. The summed E-state index contributed by atoms with van der Waals surface area (Å²) in [5, 5.41) is 8.99. The van der Waals surface area contributed by atoms with E-state index in [2.05, 4.69) is 0 Å². The van der Waals surface area contributed by atoms with E-state index in [0.29, 0.717) is 5.56 Å².